The molecule has 0 radical (unpaired) electrons. The van der Waals surface area contributed by atoms with Gasteiger partial charge in [0.25, 0.3) is 5.91 Å². The number of hydrogen-bond donors (Lipinski definition) is 2. The van der Waals surface area contributed by atoms with Crippen molar-refractivity contribution in [2.75, 3.05) is 13.7 Å². The van der Waals surface area contributed by atoms with E-state index in [2.05, 4.69) is 0 Å². The molecular weight excluding hydrogens is 382 g/mol. The van der Waals surface area contributed by atoms with E-state index in [-0.39, 0.29) is 6.54 Å². The van der Waals surface area contributed by atoms with Gasteiger partial charge in [0, 0.05) is 24.1 Å². The van der Waals surface area contributed by atoms with Crippen LogP contribution in [0.25, 0.3) is 0 Å². The van der Waals surface area contributed by atoms with E-state index < -0.39 is 35.3 Å². The van der Waals surface area contributed by atoms with E-state index >= 15 is 0 Å². The summed E-state index contributed by atoms with van der Waals surface area (Å²) >= 11 is 0.990. The molecule has 7 nitrogen and oxygen atoms in total. The van der Waals surface area contributed by atoms with Crippen LogP contribution in [0.5, 0.6) is 0 Å². The quantitative estimate of drug-likeness (QED) is 0.733. The lowest BCUT2D eigenvalue weighted by Crippen LogP contribution is -2.54. The molecule has 2 atom stereocenters. The van der Waals surface area contributed by atoms with Crippen LogP contribution in [0.1, 0.15) is 11.1 Å². The number of aliphatic carboxylic acids is 2. The minimum Gasteiger partial charge on any atom is -0.480 e. The van der Waals surface area contributed by atoms with Gasteiger partial charge in [-0.15, -0.1) is 11.8 Å². The number of hydrogen-bond acceptors (Lipinski definition) is 5. The number of ether oxygens (including phenoxy) is 1. The highest BCUT2D eigenvalue weighted by molar-refractivity contribution is 8.01. The lowest BCUT2D eigenvalue weighted by atomic mass is 9.88. The molecule has 3 rings (SSSR count). The third-order valence-corrected chi connectivity index (χ3v) is 5.86. The molecule has 0 bridgehead atoms. The molecule has 1 heterocycles. The van der Waals surface area contributed by atoms with Gasteiger partial charge in [-0.1, -0.05) is 48.5 Å². The predicted octanol–water partition coefficient (Wildman–Crippen LogP) is 2.20. The fourth-order valence-corrected chi connectivity index (χ4v) is 4.60. The maximum atomic E-state index is 13.5. The van der Waals surface area contributed by atoms with E-state index in [0.29, 0.717) is 10.5 Å². The van der Waals surface area contributed by atoms with Crippen molar-refractivity contribution in [1.82, 2.24) is 4.90 Å². The summed E-state index contributed by atoms with van der Waals surface area (Å²) in [6.45, 7) is -0.555. The maximum absolute atomic E-state index is 13.5. The van der Waals surface area contributed by atoms with Crippen molar-refractivity contribution in [2.24, 2.45) is 0 Å². The summed E-state index contributed by atoms with van der Waals surface area (Å²) in [4.78, 5) is 38.6. The molecule has 0 aromatic heterocycles. The van der Waals surface area contributed by atoms with Crippen molar-refractivity contribution >= 4 is 29.6 Å². The fourth-order valence-electron chi connectivity index (χ4n) is 3.28. The third kappa shape index (κ3) is 3.61. The molecule has 28 heavy (non-hydrogen) atoms. The van der Waals surface area contributed by atoms with E-state index in [1.807, 2.05) is 30.3 Å². The molecule has 1 aliphatic heterocycles. The first-order valence-corrected chi connectivity index (χ1v) is 9.38. The van der Waals surface area contributed by atoms with Gasteiger partial charge in [0.05, 0.1) is 0 Å². The van der Waals surface area contributed by atoms with E-state index in [1.165, 1.54) is 4.90 Å². The number of carbonyl (C=O) groups is 3. The van der Waals surface area contributed by atoms with Gasteiger partial charge in [0.15, 0.2) is 5.60 Å². The molecule has 2 aromatic rings. The average Bonchev–Trinajstić information content (AvgIpc) is 3.02. The monoisotopic (exact) mass is 401 g/mol. The van der Waals surface area contributed by atoms with Crippen molar-refractivity contribution in [3.63, 3.8) is 0 Å². The van der Waals surface area contributed by atoms with Crippen LogP contribution in [0.4, 0.5) is 0 Å². The molecule has 0 aliphatic carbocycles. The van der Waals surface area contributed by atoms with Crippen molar-refractivity contribution in [1.29, 1.82) is 0 Å². The SMILES string of the molecule is CN(Cc1ccccc1)C(=O)C1(OCC(=O)O)c2ccccc2SC1C(=O)O. The van der Waals surface area contributed by atoms with Crippen LogP contribution >= 0.6 is 11.8 Å². The van der Waals surface area contributed by atoms with Crippen LogP contribution < -0.4 is 0 Å². The first kappa shape index (κ1) is 19.9. The summed E-state index contributed by atoms with van der Waals surface area (Å²) in [7, 11) is 1.55. The van der Waals surface area contributed by atoms with Crippen molar-refractivity contribution < 1.29 is 29.3 Å². The Morgan fingerprint density at radius 1 is 1.07 bits per heavy atom. The molecule has 0 spiro atoms. The number of benzene rings is 2. The molecule has 2 aromatic carbocycles. The molecule has 1 amide bonds. The highest BCUT2D eigenvalue weighted by Gasteiger charge is 2.59. The van der Waals surface area contributed by atoms with Crippen LogP contribution in [-0.2, 0) is 31.3 Å². The number of carbonyl (C=O) groups excluding carboxylic acids is 1. The van der Waals surface area contributed by atoms with Gasteiger partial charge in [-0.2, -0.15) is 0 Å². The van der Waals surface area contributed by atoms with Crippen LogP contribution in [0.15, 0.2) is 59.5 Å². The Morgan fingerprint density at radius 3 is 2.36 bits per heavy atom. The number of rotatable bonds is 7. The third-order valence-electron chi connectivity index (χ3n) is 4.48. The minimum absolute atomic E-state index is 0.233. The Balaban J connectivity index is 2.04. The topological polar surface area (TPSA) is 104 Å². The number of nitrogens with zero attached hydrogens (tertiary/aromatic N) is 1. The Hall–Kier alpha value is -2.84. The second kappa shape index (κ2) is 8.04. The fraction of sp³-hybridized carbons (Fsp3) is 0.250. The van der Waals surface area contributed by atoms with Gasteiger partial charge in [0.1, 0.15) is 11.9 Å². The zero-order valence-corrected chi connectivity index (χ0v) is 15.9. The summed E-state index contributed by atoms with van der Waals surface area (Å²) in [6.07, 6.45) is 0. The zero-order valence-electron chi connectivity index (χ0n) is 15.1. The number of amides is 1. The minimum atomic E-state index is -1.92. The number of carboxylic acid groups (broad SMARTS) is 2. The molecular formula is C20H19NO6S. The lowest BCUT2D eigenvalue weighted by Gasteiger charge is -2.35. The van der Waals surface area contributed by atoms with Crippen LogP contribution in [0.3, 0.4) is 0 Å². The second-order valence-corrected chi connectivity index (χ2v) is 7.54. The molecule has 1 aliphatic rings. The maximum Gasteiger partial charge on any atom is 0.329 e. The van der Waals surface area contributed by atoms with Gasteiger partial charge >= 0.3 is 11.9 Å². The van der Waals surface area contributed by atoms with Gasteiger partial charge in [0.2, 0.25) is 0 Å². The van der Waals surface area contributed by atoms with Gasteiger partial charge in [-0.05, 0) is 11.6 Å². The second-order valence-electron chi connectivity index (χ2n) is 6.40. The Morgan fingerprint density at radius 2 is 1.71 bits per heavy atom. The van der Waals surface area contributed by atoms with E-state index in [0.717, 1.165) is 17.3 Å². The highest BCUT2D eigenvalue weighted by Crippen LogP contribution is 2.51. The van der Waals surface area contributed by atoms with E-state index in [9.17, 15) is 19.5 Å². The Bertz CT molecular complexity index is 903. The van der Waals surface area contributed by atoms with Gasteiger partial charge in [-0.3, -0.25) is 9.59 Å². The summed E-state index contributed by atoms with van der Waals surface area (Å²) in [5.41, 5.74) is -0.689. The molecule has 0 saturated carbocycles. The van der Waals surface area contributed by atoms with Gasteiger partial charge in [-0.25, -0.2) is 4.79 Å². The van der Waals surface area contributed by atoms with E-state index in [1.54, 1.807) is 31.3 Å². The van der Waals surface area contributed by atoms with Gasteiger partial charge < -0.3 is 19.8 Å². The standard InChI is InChI=1S/C20H19NO6S/c1-21(11-13-7-3-2-4-8-13)19(26)20(27-12-16(22)23)14-9-5-6-10-15(14)28-17(20)18(24)25/h2-10,17H,11-12H2,1H3,(H,22,23)(H,24,25). The lowest BCUT2D eigenvalue weighted by molar-refractivity contribution is -0.172. The normalized spacial score (nSPS) is 20.4. The summed E-state index contributed by atoms with van der Waals surface area (Å²) < 4.78 is 5.58. The summed E-state index contributed by atoms with van der Waals surface area (Å²) in [6, 6.07) is 15.9. The van der Waals surface area contributed by atoms with Crippen LogP contribution in [-0.4, -0.2) is 51.9 Å². The van der Waals surface area contributed by atoms with Crippen molar-refractivity contribution in [2.45, 2.75) is 22.3 Å². The van der Waals surface area contributed by atoms with Crippen molar-refractivity contribution in [3.05, 3.63) is 65.7 Å². The number of fused-ring (bicyclic) bond motifs is 1. The zero-order chi connectivity index (χ0) is 20.3. The molecule has 8 heteroatoms. The highest BCUT2D eigenvalue weighted by atomic mass is 32.2. The summed E-state index contributed by atoms with van der Waals surface area (Å²) in [5.74, 6) is -3.12. The van der Waals surface area contributed by atoms with Crippen LogP contribution in [0, 0.1) is 0 Å². The number of thioether (sulfide) groups is 1. The largest absolute Gasteiger partial charge is 0.480 e. The number of carboxylic acids is 2. The summed E-state index contributed by atoms with van der Waals surface area (Å²) in [5, 5.41) is 17.6. The number of likely N-dealkylation sites (N-methyl/N-ethyl adjacent to an activating group) is 1. The molecule has 0 saturated heterocycles. The first-order valence-electron chi connectivity index (χ1n) is 8.50. The predicted molar refractivity (Wildman–Crippen MR) is 102 cm³/mol. The Kier molecular flexibility index (Phi) is 5.71. The average molecular weight is 401 g/mol. The van der Waals surface area contributed by atoms with Crippen LogP contribution in [0.2, 0.25) is 0 Å². The smallest absolute Gasteiger partial charge is 0.329 e. The first-order chi connectivity index (χ1) is 13.4. The Labute approximate surface area is 165 Å². The van der Waals surface area contributed by atoms with Crippen molar-refractivity contribution in [3.8, 4) is 0 Å². The molecule has 0 fully saturated rings. The molecule has 2 N–H and O–H groups in total. The molecule has 2 unspecified atom stereocenters. The molecule has 146 valence electrons. The van der Waals surface area contributed by atoms with E-state index in [4.69, 9.17) is 9.84 Å².